The van der Waals surface area contributed by atoms with Crippen LogP contribution >= 0.6 is 0 Å². The van der Waals surface area contributed by atoms with Gasteiger partial charge >= 0.3 is 35.8 Å². The van der Waals surface area contributed by atoms with E-state index in [1.54, 1.807) is 62.3 Å². The maximum atomic E-state index is 13.4. The van der Waals surface area contributed by atoms with Gasteiger partial charge in [0.15, 0.2) is 0 Å². The van der Waals surface area contributed by atoms with E-state index in [9.17, 15) is 52.0 Å². The van der Waals surface area contributed by atoms with Crippen LogP contribution in [0.25, 0.3) is 0 Å². The van der Waals surface area contributed by atoms with E-state index in [1.165, 1.54) is 0 Å². The molecule has 420 valence electrons. The summed E-state index contributed by atoms with van der Waals surface area (Å²) in [7, 11) is -4.91. The first kappa shape index (κ1) is 66.9. The number of benzene rings is 1. The number of rotatable bonds is 34. The average Bonchev–Trinajstić information content (AvgIpc) is 3.24. The van der Waals surface area contributed by atoms with Crippen molar-refractivity contribution in [3.05, 3.63) is 29.3 Å². The highest BCUT2D eigenvalue weighted by Gasteiger charge is 2.37. The molecule has 0 heterocycles. The summed E-state index contributed by atoms with van der Waals surface area (Å²) < 4.78 is 68.2. The van der Waals surface area contributed by atoms with Crippen LogP contribution in [0, 0.1) is 21.7 Å². The van der Waals surface area contributed by atoms with Gasteiger partial charge < -0.3 is 38.6 Å². The van der Waals surface area contributed by atoms with Gasteiger partial charge in [0.1, 0.15) is 11.2 Å². The minimum absolute atomic E-state index is 0.0626. The Bertz CT molecular complexity index is 2120. The van der Waals surface area contributed by atoms with E-state index in [0.717, 1.165) is 18.2 Å². The third-order valence-electron chi connectivity index (χ3n) is 12.6. The van der Waals surface area contributed by atoms with Crippen molar-refractivity contribution in [3.8, 4) is 0 Å². The van der Waals surface area contributed by atoms with Crippen LogP contribution < -0.4 is 0 Å². The number of unbranched alkanes of at least 4 members (excludes halogenated alkanes) is 2. The summed E-state index contributed by atoms with van der Waals surface area (Å²) in [4.78, 5) is 76.6. The summed E-state index contributed by atoms with van der Waals surface area (Å²) in [6.07, 6.45) is 5.03. The molecule has 0 saturated heterocycles. The van der Waals surface area contributed by atoms with E-state index in [0.29, 0.717) is 57.8 Å². The molecule has 0 fully saturated rings. The highest BCUT2D eigenvalue weighted by atomic mass is 32.2. The van der Waals surface area contributed by atoms with Gasteiger partial charge in [-0.25, -0.2) is 9.59 Å². The quantitative estimate of drug-likeness (QED) is 0.0251. The van der Waals surface area contributed by atoms with Crippen LogP contribution in [0.2, 0.25) is 0 Å². The Morgan fingerprint density at radius 2 is 0.781 bits per heavy atom. The van der Waals surface area contributed by atoms with Crippen molar-refractivity contribution in [2.75, 3.05) is 26.4 Å². The summed E-state index contributed by atoms with van der Waals surface area (Å²) in [6.45, 7) is 29.1. The molecule has 3 atom stereocenters. The predicted octanol–water partition coefficient (Wildman–Crippen LogP) is 10.5. The Morgan fingerprint density at radius 3 is 1.14 bits per heavy atom. The van der Waals surface area contributed by atoms with Crippen molar-refractivity contribution >= 4 is 45.9 Å². The monoisotopic (exact) mass is 1060 g/mol. The number of aliphatic hydroxyl groups is 2. The number of hydrogen-bond acceptors (Lipinski definition) is 16. The van der Waals surface area contributed by atoms with Crippen LogP contribution in [0.15, 0.2) is 23.1 Å². The summed E-state index contributed by atoms with van der Waals surface area (Å²) >= 11 is 0. The van der Waals surface area contributed by atoms with Crippen LogP contribution in [-0.2, 0) is 57.7 Å². The SMILES string of the molecule is CCC(C)(O)CC(C)(C)COC(=O)CCCCC(=O)OC(C)(C)CC(C)(C)COC(=O)c1cc(C(=O)OCC(C)(C)CC(C)(CC)OC(=O)CCCCC(=O)OCC(C)(C)CC(C)(O)CC)cc(S(=O)(=O)O)c1. The van der Waals surface area contributed by atoms with Crippen molar-refractivity contribution < 1.29 is 80.4 Å². The molecule has 1 rings (SSSR count). The Balaban J connectivity index is 2.80. The number of carbonyl (C=O) groups is 6. The molecule has 0 aliphatic rings. The molecule has 18 heteroatoms. The molecule has 0 amide bonds. The molecule has 3 unspecified atom stereocenters. The molecule has 0 radical (unpaired) electrons. The molecule has 0 aromatic heterocycles. The van der Waals surface area contributed by atoms with Gasteiger partial charge in [-0.1, -0.05) is 76.2 Å². The van der Waals surface area contributed by atoms with E-state index < -0.39 is 83.0 Å². The van der Waals surface area contributed by atoms with E-state index in [1.807, 2.05) is 48.5 Å². The third-order valence-corrected chi connectivity index (χ3v) is 13.5. The second-order valence-electron chi connectivity index (χ2n) is 24.7. The van der Waals surface area contributed by atoms with Crippen molar-refractivity contribution in [1.29, 1.82) is 0 Å². The number of esters is 6. The zero-order valence-corrected chi connectivity index (χ0v) is 47.9. The van der Waals surface area contributed by atoms with Gasteiger partial charge in [0.05, 0.1) is 53.7 Å². The molecule has 3 N–H and O–H groups in total. The van der Waals surface area contributed by atoms with Crippen molar-refractivity contribution in [1.82, 2.24) is 0 Å². The minimum Gasteiger partial charge on any atom is -0.465 e. The molecule has 0 aliphatic heterocycles. The van der Waals surface area contributed by atoms with Crippen molar-refractivity contribution in [3.63, 3.8) is 0 Å². The highest BCUT2D eigenvalue weighted by Crippen LogP contribution is 2.36. The topological polar surface area (TPSA) is 253 Å². The maximum absolute atomic E-state index is 13.4. The Morgan fingerprint density at radius 1 is 0.452 bits per heavy atom. The second kappa shape index (κ2) is 27.6. The molecule has 1 aromatic carbocycles. The van der Waals surface area contributed by atoms with Gasteiger partial charge in [0.2, 0.25) is 0 Å². The summed E-state index contributed by atoms with van der Waals surface area (Å²) in [5, 5.41) is 20.8. The van der Waals surface area contributed by atoms with Crippen molar-refractivity contribution in [2.45, 2.75) is 234 Å². The minimum atomic E-state index is -4.91. The van der Waals surface area contributed by atoms with E-state index in [4.69, 9.17) is 28.4 Å². The highest BCUT2D eigenvalue weighted by molar-refractivity contribution is 7.85. The molecule has 17 nitrogen and oxygen atoms in total. The van der Waals surface area contributed by atoms with Gasteiger partial charge in [0, 0.05) is 47.3 Å². The van der Waals surface area contributed by atoms with Crippen LogP contribution in [0.1, 0.15) is 228 Å². The fraction of sp³-hybridized carbons (Fsp3) is 0.782. The average molecular weight is 1060 g/mol. The first-order chi connectivity index (χ1) is 33.1. The summed E-state index contributed by atoms with van der Waals surface area (Å²) in [5.74, 6) is -3.68. The molecular weight excluding hydrogens is 965 g/mol. The van der Waals surface area contributed by atoms with Crippen LogP contribution in [-0.4, -0.2) is 108 Å². The maximum Gasteiger partial charge on any atom is 0.338 e. The lowest BCUT2D eigenvalue weighted by Gasteiger charge is -2.36. The van der Waals surface area contributed by atoms with Crippen LogP contribution in [0.3, 0.4) is 0 Å². The molecule has 73 heavy (non-hydrogen) atoms. The Labute approximate surface area is 436 Å². The molecule has 0 saturated carbocycles. The van der Waals surface area contributed by atoms with Crippen molar-refractivity contribution in [2.24, 2.45) is 21.7 Å². The Kier molecular flexibility index (Phi) is 25.3. The number of ether oxygens (including phenoxy) is 6. The first-order valence-electron chi connectivity index (χ1n) is 25.8. The molecular formula is C55H92O17S. The van der Waals surface area contributed by atoms with E-state index >= 15 is 0 Å². The second-order valence-corrected chi connectivity index (χ2v) is 26.1. The third kappa shape index (κ3) is 27.8. The first-order valence-corrected chi connectivity index (χ1v) is 27.2. The zero-order chi connectivity index (χ0) is 56.5. The number of carbonyl (C=O) groups excluding carboxylic acids is 6. The zero-order valence-electron chi connectivity index (χ0n) is 47.1. The molecule has 0 spiro atoms. The largest absolute Gasteiger partial charge is 0.465 e. The smallest absolute Gasteiger partial charge is 0.338 e. The molecule has 0 bridgehead atoms. The Hall–Kier alpha value is -4.13. The fourth-order valence-corrected chi connectivity index (χ4v) is 9.63. The molecule has 0 aliphatic carbocycles. The van der Waals surface area contributed by atoms with E-state index in [2.05, 4.69) is 0 Å². The predicted molar refractivity (Wildman–Crippen MR) is 276 cm³/mol. The molecule has 1 aromatic rings. The van der Waals surface area contributed by atoms with Gasteiger partial charge in [-0.3, -0.25) is 23.7 Å². The number of hydrogen-bond donors (Lipinski definition) is 3. The van der Waals surface area contributed by atoms with Gasteiger partial charge in [-0.2, -0.15) is 8.42 Å². The fourth-order valence-electron chi connectivity index (χ4n) is 9.08. The van der Waals surface area contributed by atoms with E-state index in [-0.39, 0.29) is 88.0 Å². The lowest BCUT2D eigenvalue weighted by molar-refractivity contribution is -0.163. The summed E-state index contributed by atoms with van der Waals surface area (Å²) in [5.41, 5.74) is -6.72. The van der Waals surface area contributed by atoms with Gasteiger partial charge in [-0.05, 0) is 123 Å². The lowest BCUT2D eigenvalue weighted by Crippen LogP contribution is -2.38. The van der Waals surface area contributed by atoms with Gasteiger partial charge in [0.25, 0.3) is 10.1 Å². The van der Waals surface area contributed by atoms with Crippen LogP contribution in [0.5, 0.6) is 0 Å². The normalized spacial score (nSPS) is 15.2. The standard InChI is InChI=1S/C55H92O17S/c1-17-53(14,62)32-49(6,7)35-67-42(56)24-20-22-26-44(58)71-52(12,13)31-48(4,5)37-69-46(60)39-28-40(30-41(29-39)73(64,65)66)47(61)70-38-51(10,11)34-55(16,19-3)72-45(59)27-23-21-25-43(57)68-36-50(8,9)33-54(15,63)18-2/h28-30,62-63H,17-27,31-38H2,1-16H3,(H,64,65,66). The van der Waals surface area contributed by atoms with Crippen LogP contribution in [0.4, 0.5) is 0 Å². The summed E-state index contributed by atoms with van der Waals surface area (Å²) in [6, 6.07) is 2.86. The van der Waals surface area contributed by atoms with Gasteiger partial charge in [-0.15, -0.1) is 0 Å². The lowest BCUT2D eigenvalue weighted by atomic mass is 9.80.